The summed E-state index contributed by atoms with van der Waals surface area (Å²) in [6, 6.07) is 12.2. The molecule has 0 radical (unpaired) electrons. The molecule has 0 atom stereocenters. The van der Waals surface area contributed by atoms with Crippen LogP contribution in [0, 0.1) is 0 Å². The minimum absolute atomic E-state index is 0. The molecular formula is C33H49Cl2SiZr. The maximum atomic E-state index is 2.58. The van der Waals surface area contributed by atoms with Crippen molar-refractivity contribution in [3.05, 3.63) is 74.1 Å². The van der Waals surface area contributed by atoms with E-state index in [9.17, 15) is 0 Å². The molecular weight excluding hydrogens is 587 g/mol. The van der Waals surface area contributed by atoms with Crippen LogP contribution in [0.4, 0.5) is 0 Å². The van der Waals surface area contributed by atoms with E-state index in [1.807, 2.05) is 6.55 Å². The Morgan fingerprint density at radius 3 is 1.95 bits per heavy atom. The predicted octanol–water partition coefficient (Wildman–Crippen LogP) is 2.67. The Morgan fingerprint density at radius 1 is 0.838 bits per heavy atom. The van der Waals surface area contributed by atoms with E-state index in [0.29, 0.717) is 0 Å². The number of hydrogen-bond acceptors (Lipinski definition) is 0. The van der Waals surface area contributed by atoms with Gasteiger partial charge in [-0.15, -0.1) is 0 Å². The third-order valence-corrected chi connectivity index (χ3v) is 23.9. The van der Waals surface area contributed by atoms with Gasteiger partial charge in [0, 0.05) is 0 Å². The van der Waals surface area contributed by atoms with Crippen molar-refractivity contribution < 1.29 is 45.7 Å². The molecule has 0 amide bonds. The molecule has 0 unspecified atom stereocenters. The van der Waals surface area contributed by atoms with Crippen molar-refractivity contribution in [1.82, 2.24) is 0 Å². The average Bonchev–Trinajstić information content (AvgIpc) is 3.45. The number of rotatable bonds is 6. The maximum absolute atomic E-state index is 2.58. The van der Waals surface area contributed by atoms with Gasteiger partial charge in [0.1, 0.15) is 0 Å². The van der Waals surface area contributed by atoms with Crippen LogP contribution in [-0.2, 0) is 38.2 Å². The summed E-state index contributed by atoms with van der Waals surface area (Å²) in [6.45, 7) is 21.2. The second-order valence-electron chi connectivity index (χ2n) is 12.4. The molecule has 0 aromatic heterocycles. The van der Waals surface area contributed by atoms with Gasteiger partial charge in [-0.2, -0.15) is 0 Å². The molecule has 37 heavy (non-hydrogen) atoms. The molecule has 2 aromatic rings. The number of hydrogen-bond donors (Lipinski definition) is 0. The van der Waals surface area contributed by atoms with Gasteiger partial charge in [0.25, 0.3) is 0 Å². The van der Waals surface area contributed by atoms with E-state index in [0.717, 1.165) is 6.42 Å². The third-order valence-electron chi connectivity index (χ3n) is 7.52. The Hall–Kier alpha value is -0.400. The van der Waals surface area contributed by atoms with Crippen molar-refractivity contribution in [2.24, 2.45) is 0 Å². The van der Waals surface area contributed by atoms with Crippen molar-refractivity contribution in [1.29, 1.82) is 0 Å². The van der Waals surface area contributed by atoms with Crippen LogP contribution in [0.3, 0.4) is 0 Å². The first-order chi connectivity index (χ1) is 16.5. The fourth-order valence-electron chi connectivity index (χ4n) is 5.45. The standard InChI is InChI=1S/C21H25.C6H14.C5H5.CH5Si.2ClH.Zr/c1-20(2,3)16-7-9-18-14(12-16)11-15-13-17(21(4,5)6)8-10-19(15)18;1-3-5-6-4-2;1-2-4-5-3-1;1-2;;;/h7-10,12H,11H2,1-6H3;3-6H2,1-2H3;1-3H,4H2;2H2,1H3;2*1H;/q;;;;;;+2/p-2. The van der Waals surface area contributed by atoms with Crippen molar-refractivity contribution >= 4 is 9.92 Å². The minimum atomic E-state index is -1.76. The quantitative estimate of drug-likeness (QED) is 0.289. The van der Waals surface area contributed by atoms with Crippen molar-refractivity contribution in [2.45, 2.75) is 111 Å². The van der Waals surface area contributed by atoms with Crippen LogP contribution in [0.25, 0.3) is 11.1 Å². The van der Waals surface area contributed by atoms with Crippen LogP contribution >= 0.6 is 0 Å². The first kappa shape index (κ1) is 34.6. The summed E-state index contributed by atoms with van der Waals surface area (Å²) < 4.78 is 3.71. The smallest absolute Gasteiger partial charge is 1.00 e. The predicted molar refractivity (Wildman–Crippen MR) is 158 cm³/mol. The number of halogens is 2. The molecule has 0 fully saturated rings. The SMILES string of the molecule is CCCCCC.C[SiH2][Zr+2]([C]1=CC=CC1)[c]1c(C(C)(C)C)ccc2c1Cc1cc(C(C)(C)C)ccc1-2.[Cl-].[Cl-]. The first-order valence-electron chi connectivity index (χ1n) is 14.0. The monoisotopic (exact) mass is 633 g/mol. The van der Waals surface area contributed by atoms with Gasteiger partial charge in [-0.3, -0.25) is 0 Å². The van der Waals surface area contributed by atoms with Crippen LogP contribution in [0.2, 0.25) is 6.55 Å². The van der Waals surface area contributed by atoms with E-state index in [1.165, 1.54) is 48.8 Å². The zero-order valence-corrected chi connectivity index (χ0v) is 30.2. The van der Waals surface area contributed by atoms with Gasteiger partial charge in [0.05, 0.1) is 0 Å². The fourth-order valence-corrected chi connectivity index (χ4v) is 21.9. The molecule has 0 spiro atoms. The van der Waals surface area contributed by atoms with Crippen LogP contribution in [-0.4, -0.2) is 6.65 Å². The summed E-state index contributed by atoms with van der Waals surface area (Å²) in [7, 11) is 0. The fraction of sp³-hybridized carbons (Fsp3) is 0.515. The molecule has 0 aliphatic heterocycles. The summed E-state index contributed by atoms with van der Waals surface area (Å²) in [6.07, 6.45) is 15.1. The number of allylic oxidation sites excluding steroid dienone is 4. The summed E-state index contributed by atoms with van der Waals surface area (Å²) in [5, 5.41) is 0. The van der Waals surface area contributed by atoms with Gasteiger partial charge in [-0.25, -0.2) is 0 Å². The molecule has 0 saturated heterocycles. The number of unbranched alkanes of at least 4 members (excludes halogenated alkanes) is 3. The Bertz CT molecular complexity index is 1080. The second kappa shape index (κ2) is 14.8. The van der Waals surface area contributed by atoms with E-state index < -0.39 is 20.9 Å². The molecule has 2 aliphatic rings. The second-order valence-corrected chi connectivity index (χ2v) is 27.7. The average molecular weight is 636 g/mol. The molecule has 4 heteroatoms. The Labute approximate surface area is 250 Å². The molecule has 4 rings (SSSR count). The van der Waals surface area contributed by atoms with Crippen LogP contribution in [0.5, 0.6) is 0 Å². The van der Waals surface area contributed by atoms with Gasteiger partial charge in [0.2, 0.25) is 0 Å². The minimum Gasteiger partial charge on any atom is -1.00 e. The van der Waals surface area contributed by atoms with E-state index in [2.05, 4.69) is 110 Å². The largest absolute Gasteiger partial charge is 1.00 e. The van der Waals surface area contributed by atoms with Crippen LogP contribution < -0.4 is 28.1 Å². The van der Waals surface area contributed by atoms with Gasteiger partial charge >= 0.3 is 188 Å². The summed E-state index contributed by atoms with van der Waals surface area (Å²) >= 11 is -1.76. The molecule has 0 heterocycles. The molecule has 0 nitrogen and oxygen atoms in total. The molecule has 2 aliphatic carbocycles. The van der Waals surface area contributed by atoms with E-state index >= 15 is 0 Å². The maximum Gasteiger partial charge on any atom is -1.00 e. The Kier molecular flexibility index (Phi) is 13.9. The summed E-state index contributed by atoms with van der Waals surface area (Å²) in [4.78, 5) is 0. The number of benzene rings is 2. The summed E-state index contributed by atoms with van der Waals surface area (Å²) in [5.41, 5.74) is 9.83. The molecule has 0 N–H and O–H groups in total. The van der Waals surface area contributed by atoms with Crippen LogP contribution in [0.15, 0.2) is 51.8 Å². The van der Waals surface area contributed by atoms with Gasteiger partial charge < -0.3 is 24.8 Å². The molecule has 203 valence electrons. The number of fused-ring (bicyclic) bond motifs is 3. The van der Waals surface area contributed by atoms with Gasteiger partial charge in [0.15, 0.2) is 0 Å². The van der Waals surface area contributed by atoms with Crippen molar-refractivity contribution in [2.75, 3.05) is 0 Å². The first-order valence-corrected chi connectivity index (χ1v) is 23.8. The summed E-state index contributed by atoms with van der Waals surface area (Å²) in [5.74, 6) is 0. The zero-order chi connectivity index (χ0) is 25.8. The van der Waals surface area contributed by atoms with Crippen LogP contribution in [0.1, 0.15) is 110 Å². The Morgan fingerprint density at radius 2 is 1.46 bits per heavy atom. The normalized spacial score (nSPS) is 13.8. The molecule has 2 aromatic carbocycles. The molecule has 0 saturated carbocycles. The zero-order valence-electron chi connectivity index (χ0n) is 24.8. The topological polar surface area (TPSA) is 0 Å². The van der Waals surface area contributed by atoms with E-state index in [1.54, 1.807) is 16.7 Å². The van der Waals surface area contributed by atoms with Crippen molar-refractivity contribution in [3.8, 4) is 11.1 Å². The van der Waals surface area contributed by atoms with Gasteiger partial charge in [-0.05, 0) is 0 Å². The van der Waals surface area contributed by atoms with E-state index in [-0.39, 0.29) is 42.3 Å². The van der Waals surface area contributed by atoms with Gasteiger partial charge in [-0.1, -0.05) is 39.5 Å². The third kappa shape index (κ3) is 8.30. The van der Waals surface area contributed by atoms with E-state index in [4.69, 9.17) is 0 Å². The molecule has 0 bridgehead atoms. The Balaban J connectivity index is 0.000000770. The van der Waals surface area contributed by atoms with Crippen molar-refractivity contribution in [3.63, 3.8) is 0 Å².